The highest BCUT2D eigenvalue weighted by Gasteiger charge is 2.24. The van der Waals surface area contributed by atoms with Gasteiger partial charge in [-0.2, -0.15) is 0 Å². The Hall–Kier alpha value is -1.16. The highest BCUT2D eigenvalue weighted by atomic mass is 15.3. The quantitative estimate of drug-likeness (QED) is 0.902. The van der Waals surface area contributed by atoms with E-state index in [9.17, 15) is 0 Å². The topological polar surface area (TPSA) is 55.0 Å². The standard InChI is InChI=1S/C15H24N4/c16-7-5-12-6-8-19(11-12)15-17-9-14(10-18-15)13-3-1-2-4-13/h9-10,12-13H,1-8,11,16H2. The average Bonchev–Trinajstić information content (AvgIpc) is 3.10. The molecule has 0 radical (unpaired) electrons. The van der Waals surface area contributed by atoms with Gasteiger partial charge in [0.1, 0.15) is 0 Å². The van der Waals surface area contributed by atoms with E-state index in [-0.39, 0.29) is 0 Å². The molecule has 3 rings (SSSR count). The summed E-state index contributed by atoms with van der Waals surface area (Å²) in [5, 5.41) is 0. The van der Waals surface area contributed by atoms with E-state index in [1.807, 2.05) is 0 Å². The fraction of sp³-hybridized carbons (Fsp3) is 0.733. The number of nitrogens with two attached hydrogens (primary N) is 1. The molecule has 2 aliphatic rings. The Morgan fingerprint density at radius 3 is 2.58 bits per heavy atom. The largest absolute Gasteiger partial charge is 0.341 e. The van der Waals surface area contributed by atoms with Gasteiger partial charge in [0, 0.05) is 25.5 Å². The van der Waals surface area contributed by atoms with Gasteiger partial charge in [-0.05, 0) is 49.6 Å². The van der Waals surface area contributed by atoms with Crippen LogP contribution in [0.25, 0.3) is 0 Å². The number of anilines is 1. The second-order valence-corrected chi connectivity index (χ2v) is 5.98. The molecule has 2 fully saturated rings. The fourth-order valence-corrected chi connectivity index (χ4v) is 3.45. The van der Waals surface area contributed by atoms with E-state index in [4.69, 9.17) is 5.73 Å². The zero-order chi connectivity index (χ0) is 13.1. The van der Waals surface area contributed by atoms with Crippen molar-refractivity contribution >= 4 is 5.95 Å². The maximum Gasteiger partial charge on any atom is 0.225 e. The minimum absolute atomic E-state index is 0.706. The van der Waals surface area contributed by atoms with Crippen molar-refractivity contribution in [3.8, 4) is 0 Å². The van der Waals surface area contributed by atoms with Crippen LogP contribution in [0.2, 0.25) is 0 Å². The van der Waals surface area contributed by atoms with Gasteiger partial charge in [0.2, 0.25) is 5.95 Å². The van der Waals surface area contributed by atoms with E-state index in [0.29, 0.717) is 5.92 Å². The zero-order valence-electron chi connectivity index (χ0n) is 11.6. The molecule has 1 aromatic heterocycles. The number of hydrogen-bond donors (Lipinski definition) is 1. The molecule has 2 heterocycles. The van der Waals surface area contributed by atoms with E-state index in [1.54, 1.807) is 0 Å². The molecular weight excluding hydrogens is 236 g/mol. The molecule has 1 aromatic rings. The van der Waals surface area contributed by atoms with Gasteiger partial charge in [-0.25, -0.2) is 9.97 Å². The van der Waals surface area contributed by atoms with E-state index in [0.717, 1.165) is 37.9 Å². The summed E-state index contributed by atoms with van der Waals surface area (Å²) >= 11 is 0. The Morgan fingerprint density at radius 2 is 1.89 bits per heavy atom. The molecule has 1 aliphatic heterocycles. The Morgan fingerprint density at radius 1 is 1.16 bits per heavy atom. The lowest BCUT2D eigenvalue weighted by molar-refractivity contribution is 0.545. The molecule has 0 spiro atoms. The second-order valence-electron chi connectivity index (χ2n) is 5.98. The van der Waals surface area contributed by atoms with Gasteiger partial charge in [-0.15, -0.1) is 0 Å². The predicted octanol–water partition coefficient (Wildman–Crippen LogP) is 2.31. The van der Waals surface area contributed by atoms with Crippen LogP contribution in [0, 0.1) is 5.92 Å². The SMILES string of the molecule is NCCC1CCN(c2ncc(C3CCCC3)cn2)C1. The van der Waals surface area contributed by atoms with Gasteiger partial charge in [-0.1, -0.05) is 12.8 Å². The van der Waals surface area contributed by atoms with Gasteiger partial charge in [0.05, 0.1) is 0 Å². The van der Waals surface area contributed by atoms with E-state index in [2.05, 4.69) is 27.3 Å². The summed E-state index contributed by atoms with van der Waals surface area (Å²) in [6, 6.07) is 0. The normalized spacial score (nSPS) is 24.3. The van der Waals surface area contributed by atoms with Gasteiger partial charge in [0.25, 0.3) is 0 Å². The van der Waals surface area contributed by atoms with Crippen molar-refractivity contribution in [3.63, 3.8) is 0 Å². The maximum absolute atomic E-state index is 5.63. The molecule has 1 saturated carbocycles. The molecule has 4 heteroatoms. The molecule has 4 nitrogen and oxygen atoms in total. The zero-order valence-corrected chi connectivity index (χ0v) is 11.6. The van der Waals surface area contributed by atoms with Gasteiger partial charge < -0.3 is 10.6 Å². The first-order valence-corrected chi connectivity index (χ1v) is 7.64. The first-order chi connectivity index (χ1) is 9.36. The molecule has 0 bridgehead atoms. The molecule has 19 heavy (non-hydrogen) atoms. The fourth-order valence-electron chi connectivity index (χ4n) is 3.45. The van der Waals surface area contributed by atoms with Crippen molar-refractivity contribution in [2.45, 2.75) is 44.4 Å². The minimum Gasteiger partial charge on any atom is -0.341 e. The summed E-state index contributed by atoms with van der Waals surface area (Å²) in [4.78, 5) is 11.5. The molecular formula is C15H24N4. The van der Waals surface area contributed by atoms with Crippen LogP contribution >= 0.6 is 0 Å². The molecule has 1 saturated heterocycles. The monoisotopic (exact) mass is 260 g/mol. The highest BCUT2D eigenvalue weighted by Crippen LogP contribution is 2.33. The first kappa shape index (κ1) is 12.9. The van der Waals surface area contributed by atoms with Crippen molar-refractivity contribution in [3.05, 3.63) is 18.0 Å². The average molecular weight is 260 g/mol. The van der Waals surface area contributed by atoms with Crippen molar-refractivity contribution in [1.82, 2.24) is 9.97 Å². The molecule has 104 valence electrons. The van der Waals surface area contributed by atoms with Crippen molar-refractivity contribution in [1.29, 1.82) is 0 Å². The predicted molar refractivity (Wildman–Crippen MR) is 77.2 cm³/mol. The molecule has 1 aliphatic carbocycles. The van der Waals surface area contributed by atoms with Crippen LogP contribution in [0.1, 0.15) is 50.0 Å². The van der Waals surface area contributed by atoms with E-state index < -0.39 is 0 Å². The third-order valence-corrected chi connectivity index (χ3v) is 4.63. The molecule has 0 aromatic carbocycles. The lowest BCUT2D eigenvalue weighted by Gasteiger charge is -2.17. The summed E-state index contributed by atoms with van der Waals surface area (Å²) in [5.74, 6) is 2.34. The minimum atomic E-state index is 0.706. The smallest absolute Gasteiger partial charge is 0.225 e. The summed E-state index contributed by atoms with van der Waals surface area (Å²) in [6.45, 7) is 2.94. The van der Waals surface area contributed by atoms with E-state index >= 15 is 0 Å². The molecule has 0 amide bonds. The van der Waals surface area contributed by atoms with Crippen LogP contribution in [0.4, 0.5) is 5.95 Å². The Balaban J connectivity index is 1.62. The Bertz CT molecular complexity index is 397. The number of nitrogens with zero attached hydrogens (tertiary/aromatic N) is 3. The van der Waals surface area contributed by atoms with Crippen LogP contribution < -0.4 is 10.6 Å². The van der Waals surface area contributed by atoms with Crippen molar-refractivity contribution in [2.75, 3.05) is 24.5 Å². The lowest BCUT2D eigenvalue weighted by atomic mass is 10.0. The first-order valence-electron chi connectivity index (χ1n) is 7.64. The summed E-state index contributed by atoms with van der Waals surface area (Å²) < 4.78 is 0. The van der Waals surface area contributed by atoms with E-state index in [1.165, 1.54) is 37.7 Å². The number of rotatable bonds is 4. The summed E-state index contributed by atoms with van der Waals surface area (Å²) in [6.07, 6.45) is 11.8. The van der Waals surface area contributed by atoms with Crippen molar-refractivity contribution in [2.24, 2.45) is 11.7 Å². The second kappa shape index (κ2) is 5.87. The van der Waals surface area contributed by atoms with Crippen LogP contribution in [0.3, 0.4) is 0 Å². The third-order valence-electron chi connectivity index (χ3n) is 4.63. The Labute approximate surface area is 115 Å². The molecule has 2 N–H and O–H groups in total. The summed E-state index contributed by atoms with van der Waals surface area (Å²) in [5.41, 5.74) is 6.96. The van der Waals surface area contributed by atoms with Crippen LogP contribution in [0.5, 0.6) is 0 Å². The Kier molecular flexibility index (Phi) is 3.97. The van der Waals surface area contributed by atoms with Gasteiger partial charge in [-0.3, -0.25) is 0 Å². The van der Waals surface area contributed by atoms with Gasteiger partial charge >= 0.3 is 0 Å². The van der Waals surface area contributed by atoms with Crippen LogP contribution in [-0.4, -0.2) is 29.6 Å². The van der Waals surface area contributed by atoms with Crippen LogP contribution in [0.15, 0.2) is 12.4 Å². The maximum atomic E-state index is 5.63. The number of aromatic nitrogens is 2. The third kappa shape index (κ3) is 2.89. The van der Waals surface area contributed by atoms with Crippen molar-refractivity contribution < 1.29 is 0 Å². The van der Waals surface area contributed by atoms with Gasteiger partial charge in [0.15, 0.2) is 0 Å². The highest BCUT2D eigenvalue weighted by molar-refractivity contribution is 5.32. The molecule has 1 atom stereocenters. The lowest BCUT2D eigenvalue weighted by Crippen LogP contribution is -2.22. The summed E-state index contributed by atoms with van der Waals surface area (Å²) in [7, 11) is 0. The number of hydrogen-bond acceptors (Lipinski definition) is 4. The van der Waals surface area contributed by atoms with Crippen LogP contribution in [-0.2, 0) is 0 Å². The molecule has 1 unspecified atom stereocenters.